The molecule has 0 amide bonds. The highest BCUT2D eigenvalue weighted by molar-refractivity contribution is 6.67. The van der Waals surface area contributed by atoms with Crippen LogP contribution in [0, 0.1) is 0 Å². The standard InChI is InChI=1S/C14H8Cl3N/c15-14(16,17)13-9-5-1-3-7-11(9)18-12-8-4-2-6-10(12)13/h1-8H. The summed E-state index contributed by atoms with van der Waals surface area (Å²) in [5.74, 6) is 0. The van der Waals surface area contributed by atoms with Crippen molar-refractivity contribution in [2.75, 3.05) is 0 Å². The lowest BCUT2D eigenvalue weighted by molar-refractivity contribution is 1.29. The number of alkyl halides is 3. The molecule has 0 spiro atoms. The van der Waals surface area contributed by atoms with E-state index in [1.165, 1.54) is 0 Å². The molecule has 0 saturated heterocycles. The summed E-state index contributed by atoms with van der Waals surface area (Å²) in [6, 6.07) is 15.4. The number of halogens is 3. The maximum atomic E-state index is 6.12. The van der Waals surface area contributed by atoms with E-state index in [9.17, 15) is 0 Å². The molecule has 90 valence electrons. The lowest BCUT2D eigenvalue weighted by atomic mass is 10.0. The Labute approximate surface area is 119 Å². The van der Waals surface area contributed by atoms with Gasteiger partial charge in [-0.15, -0.1) is 0 Å². The zero-order chi connectivity index (χ0) is 12.8. The molecule has 0 fully saturated rings. The summed E-state index contributed by atoms with van der Waals surface area (Å²) < 4.78 is -1.47. The minimum atomic E-state index is -1.47. The SMILES string of the molecule is ClC(Cl)(Cl)c1c2ccccc2nc2ccccc12. The molecule has 1 aromatic heterocycles. The number of pyridine rings is 1. The van der Waals surface area contributed by atoms with Crippen LogP contribution < -0.4 is 0 Å². The first-order chi connectivity index (χ1) is 8.57. The maximum absolute atomic E-state index is 6.12. The van der Waals surface area contributed by atoms with Crippen LogP contribution in [0.25, 0.3) is 21.8 Å². The molecule has 1 heterocycles. The van der Waals surface area contributed by atoms with Gasteiger partial charge in [0.25, 0.3) is 0 Å². The van der Waals surface area contributed by atoms with Gasteiger partial charge in [0.2, 0.25) is 3.79 Å². The topological polar surface area (TPSA) is 12.9 Å². The van der Waals surface area contributed by atoms with Crippen LogP contribution >= 0.6 is 34.8 Å². The van der Waals surface area contributed by atoms with E-state index in [1.807, 2.05) is 48.5 Å². The Morgan fingerprint density at radius 2 is 1.17 bits per heavy atom. The average molecular weight is 297 g/mol. The molecule has 0 aliphatic heterocycles. The highest BCUT2D eigenvalue weighted by atomic mass is 35.6. The van der Waals surface area contributed by atoms with Crippen molar-refractivity contribution in [3.63, 3.8) is 0 Å². The Hall–Kier alpha value is -1.02. The van der Waals surface area contributed by atoms with E-state index >= 15 is 0 Å². The second-order valence-electron chi connectivity index (χ2n) is 4.02. The Kier molecular flexibility index (Phi) is 2.86. The summed E-state index contributed by atoms with van der Waals surface area (Å²) in [4.78, 5) is 4.58. The average Bonchev–Trinajstić information content (AvgIpc) is 2.34. The number of fused-ring (bicyclic) bond motifs is 2. The van der Waals surface area contributed by atoms with E-state index in [0.717, 1.165) is 21.8 Å². The summed E-state index contributed by atoms with van der Waals surface area (Å²) in [5.41, 5.74) is 2.35. The Morgan fingerprint density at radius 1 is 0.722 bits per heavy atom. The third kappa shape index (κ3) is 1.93. The van der Waals surface area contributed by atoms with Crippen molar-refractivity contribution in [1.82, 2.24) is 4.98 Å². The van der Waals surface area contributed by atoms with Crippen molar-refractivity contribution in [1.29, 1.82) is 0 Å². The second-order valence-corrected chi connectivity index (χ2v) is 6.30. The number of aromatic nitrogens is 1. The van der Waals surface area contributed by atoms with Crippen molar-refractivity contribution in [2.45, 2.75) is 3.79 Å². The van der Waals surface area contributed by atoms with Crippen molar-refractivity contribution in [2.24, 2.45) is 0 Å². The summed E-state index contributed by atoms with van der Waals surface area (Å²) in [7, 11) is 0. The Bertz CT molecular complexity index is 678. The van der Waals surface area contributed by atoms with E-state index < -0.39 is 3.79 Å². The molecule has 2 aromatic carbocycles. The van der Waals surface area contributed by atoms with Gasteiger partial charge in [0.05, 0.1) is 11.0 Å². The lowest BCUT2D eigenvalue weighted by Crippen LogP contribution is -2.03. The van der Waals surface area contributed by atoms with Crippen molar-refractivity contribution >= 4 is 56.6 Å². The van der Waals surface area contributed by atoms with Gasteiger partial charge >= 0.3 is 0 Å². The minimum absolute atomic E-state index is 0.689. The van der Waals surface area contributed by atoms with Gasteiger partial charge in [0.1, 0.15) is 0 Å². The first-order valence-electron chi connectivity index (χ1n) is 5.42. The number of para-hydroxylation sites is 2. The number of nitrogens with zero attached hydrogens (tertiary/aromatic N) is 1. The first kappa shape index (κ1) is 12.0. The summed E-state index contributed by atoms with van der Waals surface area (Å²) in [6.07, 6.45) is 0. The van der Waals surface area contributed by atoms with E-state index in [1.54, 1.807) is 0 Å². The number of hydrogen-bond donors (Lipinski definition) is 0. The highest BCUT2D eigenvalue weighted by Crippen LogP contribution is 2.44. The Morgan fingerprint density at radius 3 is 1.61 bits per heavy atom. The van der Waals surface area contributed by atoms with Gasteiger partial charge in [-0.05, 0) is 12.1 Å². The van der Waals surface area contributed by atoms with Gasteiger partial charge in [0.15, 0.2) is 0 Å². The van der Waals surface area contributed by atoms with E-state index in [2.05, 4.69) is 4.98 Å². The van der Waals surface area contributed by atoms with Gasteiger partial charge in [-0.1, -0.05) is 71.2 Å². The second kappa shape index (κ2) is 4.27. The van der Waals surface area contributed by atoms with E-state index in [-0.39, 0.29) is 0 Å². The molecule has 3 rings (SSSR count). The normalized spacial score (nSPS) is 12.2. The molecule has 0 N–H and O–H groups in total. The molecule has 0 radical (unpaired) electrons. The largest absolute Gasteiger partial charge is 0.248 e. The fraction of sp³-hybridized carbons (Fsp3) is 0.0714. The molecule has 1 nitrogen and oxygen atoms in total. The summed E-state index contributed by atoms with van der Waals surface area (Å²) >= 11 is 18.4. The van der Waals surface area contributed by atoms with Crippen LogP contribution in [0.2, 0.25) is 0 Å². The quantitative estimate of drug-likeness (QED) is 0.410. The fourth-order valence-electron chi connectivity index (χ4n) is 2.15. The lowest BCUT2D eigenvalue weighted by Gasteiger charge is -2.17. The molecule has 0 bridgehead atoms. The van der Waals surface area contributed by atoms with Crippen LogP contribution in [0.5, 0.6) is 0 Å². The molecule has 0 unspecified atom stereocenters. The van der Waals surface area contributed by atoms with Crippen molar-refractivity contribution < 1.29 is 0 Å². The molecule has 0 atom stereocenters. The zero-order valence-corrected chi connectivity index (χ0v) is 11.5. The molecular weight excluding hydrogens is 289 g/mol. The predicted molar refractivity (Wildman–Crippen MR) is 78.5 cm³/mol. The number of benzene rings is 2. The summed E-state index contributed by atoms with van der Waals surface area (Å²) in [5, 5.41) is 1.74. The minimum Gasteiger partial charge on any atom is -0.248 e. The maximum Gasteiger partial charge on any atom is 0.217 e. The van der Waals surface area contributed by atoms with Gasteiger partial charge in [-0.25, -0.2) is 4.98 Å². The zero-order valence-electron chi connectivity index (χ0n) is 9.20. The van der Waals surface area contributed by atoms with E-state index in [0.29, 0.717) is 5.56 Å². The van der Waals surface area contributed by atoms with Crippen LogP contribution in [-0.4, -0.2) is 4.98 Å². The Balaban J connectivity index is 2.58. The van der Waals surface area contributed by atoms with Gasteiger partial charge in [-0.3, -0.25) is 0 Å². The van der Waals surface area contributed by atoms with Crippen molar-refractivity contribution in [3.8, 4) is 0 Å². The smallest absolute Gasteiger partial charge is 0.217 e. The molecular formula is C14H8Cl3N. The van der Waals surface area contributed by atoms with Crippen LogP contribution in [0.1, 0.15) is 5.56 Å². The molecule has 4 heteroatoms. The monoisotopic (exact) mass is 295 g/mol. The third-order valence-electron chi connectivity index (χ3n) is 2.87. The van der Waals surface area contributed by atoms with Gasteiger partial charge in [0, 0.05) is 16.3 Å². The number of hydrogen-bond acceptors (Lipinski definition) is 1. The highest BCUT2D eigenvalue weighted by Gasteiger charge is 2.28. The summed E-state index contributed by atoms with van der Waals surface area (Å²) in [6.45, 7) is 0. The fourth-order valence-corrected chi connectivity index (χ4v) is 2.76. The van der Waals surface area contributed by atoms with E-state index in [4.69, 9.17) is 34.8 Å². The molecule has 0 aliphatic carbocycles. The van der Waals surface area contributed by atoms with Gasteiger partial charge in [-0.2, -0.15) is 0 Å². The van der Waals surface area contributed by atoms with Crippen LogP contribution in [0.4, 0.5) is 0 Å². The molecule has 0 saturated carbocycles. The molecule has 0 aliphatic rings. The molecule has 3 aromatic rings. The first-order valence-corrected chi connectivity index (χ1v) is 6.55. The molecule has 18 heavy (non-hydrogen) atoms. The van der Waals surface area contributed by atoms with Gasteiger partial charge < -0.3 is 0 Å². The third-order valence-corrected chi connectivity index (χ3v) is 3.44. The van der Waals surface area contributed by atoms with Crippen LogP contribution in [0.3, 0.4) is 0 Å². The van der Waals surface area contributed by atoms with Crippen molar-refractivity contribution in [3.05, 3.63) is 54.1 Å². The predicted octanol–water partition coefficient (Wildman–Crippen LogP) is 5.21. The number of rotatable bonds is 0. The van der Waals surface area contributed by atoms with Crippen LogP contribution in [-0.2, 0) is 3.79 Å². The van der Waals surface area contributed by atoms with Crippen LogP contribution in [0.15, 0.2) is 48.5 Å².